The molecule has 4 heteroatoms. The topological polar surface area (TPSA) is 47.2 Å². The van der Waals surface area contributed by atoms with Gasteiger partial charge in [-0.1, -0.05) is 66.7 Å². The molecule has 0 saturated heterocycles. The predicted octanol–water partition coefficient (Wildman–Crippen LogP) is 4.25. The zero-order valence-electron chi connectivity index (χ0n) is 14.3. The first-order valence-electron chi connectivity index (χ1n) is 8.41. The summed E-state index contributed by atoms with van der Waals surface area (Å²) >= 11 is 0. The van der Waals surface area contributed by atoms with Crippen molar-refractivity contribution in [2.45, 2.75) is 6.92 Å². The van der Waals surface area contributed by atoms with Crippen LogP contribution in [0.2, 0.25) is 0 Å². The Morgan fingerprint density at radius 2 is 1.58 bits per heavy atom. The fraction of sp³-hybridized carbons (Fsp3) is 0.0455. The number of rotatable bonds is 3. The Morgan fingerprint density at radius 1 is 0.885 bits per heavy atom. The van der Waals surface area contributed by atoms with E-state index in [1.54, 1.807) is 12.3 Å². The molecule has 1 heterocycles. The summed E-state index contributed by atoms with van der Waals surface area (Å²) in [7, 11) is 0. The zero-order chi connectivity index (χ0) is 17.9. The third kappa shape index (κ3) is 2.93. The fourth-order valence-corrected chi connectivity index (χ4v) is 2.89. The van der Waals surface area contributed by atoms with E-state index in [1.165, 1.54) is 4.68 Å². The van der Waals surface area contributed by atoms with Crippen LogP contribution in [0.4, 0.5) is 0 Å². The number of hydrogen-bond donors (Lipinski definition) is 0. The molecule has 0 aliphatic carbocycles. The molecule has 126 valence electrons. The SMILES string of the molecule is Cc1ccccc1-c1nc2ccccc2c(=O)n1/N=C\c1ccccc1. The third-order valence-electron chi connectivity index (χ3n) is 4.26. The first-order valence-corrected chi connectivity index (χ1v) is 8.41. The second kappa shape index (κ2) is 6.76. The molecule has 0 aliphatic rings. The molecule has 1 aromatic heterocycles. The molecule has 3 aromatic carbocycles. The lowest BCUT2D eigenvalue weighted by molar-refractivity contribution is 0.828. The lowest BCUT2D eigenvalue weighted by atomic mass is 10.1. The second-order valence-electron chi connectivity index (χ2n) is 6.04. The molecule has 4 rings (SSSR count). The van der Waals surface area contributed by atoms with Crippen molar-refractivity contribution in [1.82, 2.24) is 9.66 Å². The van der Waals surface area contributed by atoms with Gasteiger partial charge >= 0.3 is 0 Å². The average molecular weight is 339 g/mol. The minimum absolute atomic E-state index is 0.180. The van der Waals surface area contributed by atoms with Gasteiger partial charge in [-0.15, -0.1) is 0 Å². The maximum Gasteiger partial charge on any atom is 0.282 e. The Balaban J connectivity index is 1.99. The van der Waals surface area contributed by atoms with Crippen LogP contribution < -0.4 is 5.56 Å². The normalized spacial score (nSPS) is 11.3. The van der Waals surface area contributed by atoms with Gasteiger partial charge in [0.15, 0.2) is 5.82 Å². The van der Waals surface area contributed by atoms with Crippen molar-refractivity contribution >= 4 is 17.1 Å². The van der Waals surface area contributed by atoms with Gasteiger partial charge in [-0.05, 0) is 30.2 Å². The molecule has 0 amide bonds. The van der Waals surface area contributed by atoms with Crippen molar-refractivity contribution in [3.63, 3.8) is 0 Å². The number of benzene rings is 3. The van der Waals surface area contributed by atoms with Crippen LogP contribution in [0.15, 0.2) is 88.8 Å². The van der Waals surface area contributed by atoms with E-state index < -0.39 is 0 Å². The summed E-state index contributed by atoms with van der Waals surface area (Å²) in [5.74, 6) is 0.541. The van der Waals surface area contributed by atoms with Crippen LogP contribution >= 0.6 is 0 Å². The zero-order valence-corrected chi connectivity index (χ0v) is 14.3. The minimum atomic E-state index is -0.180. The van der Waals surface area contributed by atoms with Crippen LogP contribution in [0, 0.1) is 6.92 Å². The second-order valence-corrected chi connectivity index (χ2v) is 6.04. The van der Waals surface area contributed by atoms with Crippen LogP contribution in [0.5, 0.6) is 0 Å². The highest BCUT2D eigenvalue weighted by Gasteiger charge is 2.13. The highest BCUT2D eigenvalue weighted by Crippen LogP contribution is 2.22. The van der Waals surface area contributed by atoms with Crippen LogP contribution in [0.1, 0.15) is 11.1 Å². The van der Waals surface area contributed by atoms with Crippen LogP contribution in [0.25, 0.3) is 22.3 Å². The van der Waals surface area contributed by atoms with Gasteiger partial charge in [-0.3, -0.25) is 4.79 Å². The van der Waals surface area contributed by atoms with E-state index in [-0.39, 0.29) is 5.56 Å². The third-order valence-corrected chi connectivity index (χ3v) is 4.26. The number of hydrogen-bond acceptors (Lipinski definition) is 3. The Morgan fingerprint density at radius 3 is 2.38 bits per heavy atom. The number of fused-ring (bicyclic) bond motifs is 1. The number of para-hydroxylation sites is 1. The average Bonchev–Trinajstić information content (AvgIpc) is 2.68. The monoisotopic (exact) mass is 339 g/mol. The Kier molecular flexibility index (Phi) is 4.15. The summed E-state index contributed by atoms with van der Waals surface area (Å²) in [5, 5.41) is 5.01. The molecule has 4 nitrogen and oxygen atoms in total. The smallest absolute Gasteiger partial charge is 0.267 e. The predicted molar refractivity (Wildman–Crippen MR) is 106 cm³/mol. The van der Waals surface area contributed by atoms with E-state index in [2.05, 4.69) is 5.10 Å². The quantitative estimate of drug-likeness (QED) is 0.524. The van der Waals surface area contributed by atoms with Gasteiger partial charge < -0.3 is 0 Å². The molecule has 0 spiro atoms. The molecule has 0 unspecified atom stereocenters. The van der Waals surface area contributed by atoms with Crippen LogP contribution in [0.3, 0.4) is 0 Å². The Labute approximate surface area is 151 Å². The lowest BCUT2D eigenvalue weighted by Gasteiger charge is -2.11. The molecule has 0 bridgehead atoms. The lowest BCUT2D eigenvalue weighted by Crippen LogP contribution is -2.20. The maximum absolute atomic E-state index is 13.1. The maximum atomic E-state index is 13.1. The molecule has 26 heavy (non-hydrogen) atoms. The Bertz CT molecular complexity index is 1160. The summed E-state index contributed by atoms with van der Waals surface area (Å²) in [6, 6.07) is 24.9. The minimum Gasteiger partial charge on any atom is -0.267 e. The van der Waals surface area contributed by atoms with E-state index in [1.807, 2.05) is 79.7 Å². The van der Waals surface area contributed by atoms with Gasteiger partial charge in [0.25, 0.3) is 5.56 Å². The van der Waals surface area contributed by atoms with Crippen molar-refractivity contribution in [3.8, 4) is 11.4 Å². The van der Waals surface area contributed by atoms with Crippen molar-refractivity contribution in [2.75, 3.05) is 0 Å². The molecule has 0 saturated carbocycles. The van der Waals surface area contributed by atoms with E-state index in [0.717, 1.165) is 16.7 Å². The summed E-state index contributed by atoms with van der Waals surface area (Å²) in [4.78, 5) is 17.8. The van der Waals surface area contributed by atoms with E-state index >= 15 is 0 Å². The number of aryl methyl sites for hydroxylation is 1. The molecule has 0 atom stereocenters. The van der Waals surface area contributed by atoms with Crippen molar-refractivity contribution in [1.29, 1.82) is 0 Å². The van der Waals surface area contributed by atoms with Gasteiger partial charge in [0.05, 0.1) is 17.1 Å². The standard InChI is InChI=1S/C22H17N3O/c1-16-9-5-6-12-18(16)21-24-20-14-8-7-13-19(20)22(26)25(21)23-15-17-10-3-2-4-11-17/h2-15H,1H3/b23-15-. The summed E-state index contributed by atoms with van der Waals surface area (Å²) in [6.45, 7) is 2.00. The summed E-state index contributed by atoms with van der Waals surface area (Å²) < 4.78 is 1.39. The highest BCUT2D eigenvalue weighted by atomic mass is 16.1. The molecule has 0 N–H and O–H groups in total. The first-order chi connectivity index (χ1) is 12.7. The van der Waals surface area contributed by atoms with Gasteiger partial charge in [0, 0.05) is 5.56 Å². The molecular weight excluding hydrogens is 322 g/mol. The van der Waals surface area contributed by atoms with E-state index in [9.17, 15) is 4.79 Å². The largest absolute Gasteiger partial charge is 0.282 e. The van der Waals surface area contributed by atoms with Crippen LogP contribution in [-0.2, 0) is 0 Å². The van der Waals surface area contributed by atoms with Gasteiger partial charge in [0.2, 0.25) is 0 Å². The molecule has 0 fully saturated rings. The molecule has 0 aliphatic heterocycles. The molecular formula is C22H17N3O. The molecule has 4 aromatic rings. The van der Waals surface area contributed by atoms with Crippen molar-refractivity contribution < 1.29 is 0 Å². The van der Waals surface area contributed by atoms with Gasteiger partial charge in [-0.25, -0.2) is 4.98 Å². The summed E-state index contributed by atoms with van der Waals surface area (Å²) in [6.07, 6.45) is 1.68. The van der Waals surface area contributed by atoms with Gasteiger partial charge in [0.1, 0.15) is 0 Å². The van der Waals surface area contributed by atoms with Crippen LogP contribution in [-0.4, -0.2) is 15.9 Å². The number of aromatic nitrogens is 2. The summed E-state index contributed by atoms with van der Waals surface area (Å²) in [5.41, 5.74) is 3.34. The van der Waals surface area contributed by atoms with Crippen molar-refractivity contribution in [2.24, 2.45) is 5.10 Å². The Hall–Kier alpha value is -3.53. The van der Waals surface area contributed by atoms with E-state index in [0.29, 0.717) is 16.7 Å². The first kappa shape index (κ1) is 16.0. The number of nitrogens with zero attached hydrogens (tertiary/aromatic N) is 3. The van der Waals surface area contributed by atoms with E-state index in [4.69, 9.17) is 4.98 Å². The van der Waals surface area contributed by atoms with Crippen molar-refractivity contribution in [3.05, 3.63) is 100 Å². The highest BCUT2D eigenvalue weighted by molar-refractivity contribution is 5.82. The fourth-order valence-electron chi connectivity index (χ4n) is 2.89. The molecule has 0 radical (unpaired) electrons. The van der Waals surface area contributed by atoms with Gasteiger partial charge in [-0.2, -0.15) is 9.78 Å².